The summed E-state index contributed by atoms with van der Waals surface area (Å²) in [6.45, 7) is 4.61. The molecule has 0 heterocycles. The molecule has 0 aromatic heterocycles. The Balaban J connectivity index is 2.61. The van der Waals surface area contributed by atoms with Crippen molar-refractivity contribution in [1.29, 1.82) is 0 Å². The lowest BCUT2D eigenvalue weighted by Crippen LogP contribution is -2.32. The number of halogens is 2. The molecule has 3 nitrogen and oxygen atoms in total. The number of rotatable bonds is 5. The van der Waals surface area contributed by atoms with Gasteiger partial charge in [-0.2, -0.15) is 0 Å². The molecular formula is C12H15ClFNO2. The highest BCUT2D eigenvalue weighted by molar-refractivity contribution is 6.30. The van der Waals surface area contributed by atoms with E-state index in [4.69, 9.17) is 16.3 Å². The summed E-state index contributed by atoms with van der Waals surface area (Å²) in [5.41, 5.74) is -0.0544. The molecule has 0 fully saturated rings. The average Bonchev–Trinajstić information content (AvgIpc) is 2.29. The van der Waals surface area contributed by atoms with Crippen LogP contribution in [0.1, 0.15) is 24.2 Å². The number of nitrogens with one attached hydrogen (secondary N) is 1. The highest BCUT2D eigenvalue weighted by Gasteiger charge is 2.12. The Morgan fingerprint density at radius 3 is 2.94 bits per heavy atom. The molecule has 0 spiro atoms. The van der Waals surface area contributed by atoms with Crippen LogP contribution in [-0.4, -0.2) is 25.2 Å². The van der Waals surface area contributed by atoms with E-state index in [1.54, 1.807) is 0 Å². The van der Waals surface area contributed by atoms with Crippen LogP contribution in [-0.2, 0) is 4.74 Å². The van der Waals surface area contributed by atoms with Crippen LogP contribution in [0.25, 0.3) is 0 Å². The van der Waals surface area contributed by atoms with Gasteiger partial charge in [-0.05, 0) is 32.0 Å². The first kappa shape index (κ1) is 13.9. The minimum atomic E-state index is -0.587. The van der Waals surface area contributed by atoms with Crippen molar-refractivity contribution in [2.24, 2.45) is 0 Å². The molecule has 1 aromatic carbocycles. The van der Waals surface area contributed by atoms with Crippen molar-refractivity contribution in [2.45, 2.75) is 20.0 Å². The van der Waals surface area contributed by atoms with E-state index in [1.165, 1.54) is 18.2 Å². The fourth-order valence-electron chi connectivity index (χ4n) is 1.35. The van der Waals surface area contributed by atoms with Crippen LogP contribution in [0.4, 0.5) is 4.39 Å². The van der Waals surface area contributed by atoms with Gasteiger partial charge in [0.15, 0.2) is 0 Å². The van der Waals surface area contributed by atoms with Crippen molar-refractivity contribution in [3.63, 3.8) is 0 Å². The Bertz CT molecular complexity index is 398. The summed E-state index contributed by atoms with van der Waals surface area (Å²) in [7, 11) is 0. The van der Waals surface area contributed by atoms with Gasteiger partial charge < -0.3 is 10.1 Å². The third-order valence-electron chi connectivity index (χ3n) is 2.17. The summed E-state index contributed by atoms with van der Waals surface area (Å²) in [6, 6.07) is 3.87. The third-order valence-corrected chi connectivity index (χ3v) is 2.41. The summed E-state index contributed by atoms with van der Waals surface area (Å²) < 4.78 is 18.6. The average molecular weight is 260 g/mol. The molecule has 0 aliphatic rings. The Hall–Kier alpha value is -1.13. The van der Waals surface area contributed by atoms with Crippen molar-refractivity contribution in [3.8, 4) is 0 Å². The predicted molar refractivity (Wildman–Crippen MR) is 64.8 cm³/mol. The second kappa shape index (κ2) is 6.57. The minimum Gasteiger partial charge on any atom is -0.377 e. The third kappa shape index (κ3) is 4.32. The summed E-state index contributed by atoms with van der Waals surface area (Å²) in [6.07, 6.45) is -0.105. The molecule has 1 unspecified atom stereocenters. The van der Waals surface area contributed by atoms with E-state index < -0.39 is 11.7 Å². The zero-order valence-electron chi connectivity index (χ0n) is 9.80. The number of amides is 1. The van der Waals surface area contributed by atoms with Gasteiger partial charge in [0, 0.05) is 18.2 Å². The molecular weight excluding hydrogens is 245 g/mol. The van der Waals surface area contributed by atoms with Gasteiger partial charge in [-0.3, -0.25) is 4.79 Å². The number of hydrogen-bond donors (Lipinski definition) is 1. The first-order valence-electron chi connectivity index (χ1n) is 5.39. The van der Waals surface area contributed by atoms with Gasteiger partial charge in [0.2, 0.25) is 0 Å². The van der Waals surface area contributed by atoms with Crippen LogP contribution < -0.4 is 5.32 Å². The van der Waals surface area contributed by atoms with Crippen LogP contribution in [0.5, 0.6) is 0 Å². The van der Waals surface area contributed by atoms with Crippen LogP contribution in [0, 0.1) is 5.82 Å². The second-order valence-corrected chi connectivity index (χ2v) is 4.04. The molecule has 17 heavy (non-hydrogen) atoms. The molecule has 94 valence electrons. The normalized spacial score (nSPS) is 12.2. The Morgan fingerprint density at radius 1 is 1.59 bits per heavy atom. The summed E-state index contributed by atoms with van der Waals surface area (Å²) >= 11 is 5.70. The second-order valence-electron chi connectivity index (χ2n) is 3.60. The van der Waals surface area contributed by atoms with Crippen molar-refractivity contribution in [3.05, 3.63) is 34.6 Å². The largest absolute Gasteiger partial charge is 0.377 e. The highest BCUT2D eigenvalue weighted by atomic mass is 35.5. The van der Waals surface area contributed by atoms with Crippen LogP contribution >= 0.6 is 11.6 Å². The van der Waals surface area contributed by atoms with Crippen molar-refractivity contribution in [2.75, 3.05) is 13.2 Å². The van der Waals surface area contributed by atoms with Crippen LogP contribution in [0.3, 0.4) is 0 Å². The molecule has 0 aliphatic heterocycles. The van der Waals surface area contributed by atoms with Crippen LogP contribution in [0.2, 0.25) is 5.02 Å². The van der Waals surface area contributed by atoms with Crippen molar-refractivity contribution < 1.29 is 13.9 Å². The zero-order valence-corrected chi connectivity index (χ0v) is 10.6. The maximum atomic E-state index is 13.3. The summed E-state index contributed by atoms with van der Waals surface area (Å²) in [5, 5.41) is 2.92. The van der Waals surface area contributed by atoms with Crippen molar-refractivity contribution >= 4 is 17.5 Å². The Labute approximate surface area is 105 Å². The van der Waals surface area contributed by atoms with E-state index in [0.717, 1.165) is 0 Å². The topological polar surface area (TPSA) is 38.3 Å². The molecule has 0 aliphatic carbocycles. The lowest BCUT2D eigenvalue weighted by atomic mass is 10.2. The van der Waals surface area contributed by atoms with Gasteiger partial charge in [-0.25, -0.2) is 4.39 Å². The standard InChI is InChI=1S/C12H15ClFNO2/c1-3-17-8(2)7-15-12(16)10-6-9(13)4-5-11(10)14/h4-6,8H,3,7H2,1-2H3,(H,15,16). The van der Waals surface area contributed by atoms with E-state index in [9.17, 15) is 9.18 Å². The van der Waals surface area contributed by atoms with Gasteiger partial charge in [0.05, 0.1) is 11.7 Å². The lowest BCUT2D eigenvalue weighted by Gasteiger charge is -2.12. The first-order valence-corrected chi connectivity index (χ1v) is 5.77. The van der Waals surface area contributed by atoms with Crippen LogP contribution in [0.15, 0.2) is 18.2 Å². The number of ether oxygens (including phenoxy) is 1. The molecule has 0 saturated heterocycles. The first-order chi connectivity index (χ1) is 8.04. The molecule has 0 radical (unpaired) electrons. The number of carbonyl (C=O) groups is 1. The van der Waals surface area contributed by atoms with Gasteiger partial charge in [0.1, 0.15) is 5.82 Å². The molecule has 0 bridgehead atoms. The molecule has 1 rings (SSSR count). The smallest absolute Gasteiger partial charge is 0.254 e. The molecule has 1 aromatic rings. The molecule has 0 saturated carbocycles. The number of benzene rings is 1. The van der Waals surface area contributed by atoms with E-state index in [2.05, 4.69) is 5.32 Å². The monoisotopic (exact) mass is 259 g/mol. The van der Waals surface area contributed by atoms with E-state index in [1.807, 2.05) is 13.8 Å². The van der Waals surface area contributed by atoms with E-state index >= 15 is 0 Å². The SMILES string of the molecule is CCOC(C)CNC(=O)c1cc(Cl)ccc1F. The summed E-state index contributed by atoms with van der Waals surface area (Å²) in [5.74, 6) is -1.08. The maximum Gasteiger partial charge on any atom is 0.254 e. The maximum absolute atomic E-state index is 13.3. The zero-order chi connectivity index (χ0) is 12.8. The highest BCUT2D eigenvalue weighted by Crippen LogP contribution is 2.14. The fraction of sp³-hybridized carbons (Fsp3) is 0.417. The number of hydrogen-bond acceptors (Lipinski definition) is 2. The van der Waals surface area contributed by atoms with Gasteiger partial charge in [-0.15, -0.1) is 0 Å². The molecule has 1 N–H and O–H groups in total. The quantitative estimate of drug-likeness (QED) is 0.883. The molecule has 5 heteroatoms. The van der Waals surface area contributed by atoms with E-state index in [-0.39, 0.29) is 11.7 Å². The van der Waals surface area contributed by atoms with Gasteiger partial charge in [0.25, 0.3) is 5.91 Å². The Morgan fingerprint density at radius 2 is 2.29 bits per heavy atom. The van der Waals surface area contributed by atoms with E-state index in [0.29, 0.717) is 18.2 Å². The predicted octanol–water partition coefficient (Wildman–Crippen LogP) is 2.63. The summed E-state index contributed by atoms with van der Waals surface area (Å²) in [4.78, 5) is 11.7. The fourth-order valence-corrected chi connectivity index (χ4v) is 1.52. The van der Waals surface area contributed by atoms with Gasteiger partial charge in [-0.1, -0.05) is 11.6 Å². The molecule has 1 amide bonds. The minimum absolute atomic E-state index is 0.0544. The van der Waals surface area contributed by atoms with Gasteiger partial charge >= 0.3 is 0 Å². The lowest BCUT2D eigenvalue weighted by molar-refractivity contribution is 0.0693. The molecule has 1 atom stereocenters. The Kier molecular flexibility index (Phi) is 5.38. The van der Waals surface area contributed by atoms with Crippen molar-refractivity contribution in [1.82, 2.24) is 5.32 Å². The number of carbonyl (C=O) groups excluding carboxylic acids is 1.